The topological polar surface area (TPSA) is 50.4 Å². The number of benzene rings is 1. The van der Waals surface area contributed by atoms with E-state index in [1.54, 1.807) is 0 Å². The third-order valence-corrected chi connectivity index (χ3v) is 2.69. The summed E-state index contributed by atoms with van der Waals surface area (Å²) in [5, 5.41) is 6.01. The third kappa shape index (κ3) is 4.34. The van der Waals surface area contributed by atoms with E-state index in [9.17, 15) is 4.79 Å². The molecule has 1 aromatic carbocycles. The van der Waals surface area contributed by atoms with Gasteiger partial charge < -0.3 is 10.1 Å². The number of carbonyl (C=O) groups excluding carboxylic acids is 1. The second-order valence-corrected chi connectivity index (χ2v) is 4.37. The number of rotatable bonds is 4. The average Bonchev–Trinajstić information content (AvgIpc) is 2.29. The van der Waals surface area contributed by atoms with Gasteiger partial charge in [0.15, 0.2) is 0 Å². The zero-order valence-corrected chi connectivity index (χ0v) is 10.8. The number of ether oxygens (including phenoxy) is 1. The molecule has 1 rings (SSSR count). The predicted octanol–water partition coefficient (Wildman–Crippen LogP) is 3.32. The lowest BCUT2D eigenvalue weighted by atomic mass is 10.1. The van der Waals surface area contributed by atoms with Gasteiger partial charge in [0.2, 0.25) is 0 Å². The number of amides is 1. The van der Waals surface area contributed by atoms with Gasteiger partial charge in [-0.3, -0.25) is 5.32 Å². The van der Waals surface area contributed by atoms with Gasteiger partial charge in [0.1, 0.15) is 0 Å². The number of methoxy groups -OCH3 is 1. The quantitative estimate of drug-likeness (QED) is 0.843. The van der Waals surface area contributed by atoms with Crippen LogP contribution in [0.2, 0.25) is 0 Å². The van der Waals surface area contributed by atoms with Crippen LogP contribution in [0.3, 0.4) is 0 Å². The summed E-state index contributed by atoms with van der Waals surface area (Å²) in [6.45, 7) is 6.45. The SMILES string of the molecule is COC(=O)Nc1cccc(NC(C)C(C)C)c1. The Morgan fingerprint density at radius 2 is 1.88 bits per heavy atom. The van der Waals surface area contributed by atoms with Crippen molar-refractivity contribution in [1.29, 1.82) is 0 Å². The largest absolute Gasteiger partial charge is 0.453 e. The summed E-state index contributed by atoms with van der Waals surface area (Å²) in [5.41, 5.74) is 1.71. The Morgan fingerprint density at radius 3 is 2.47 bits per heavy atom. The fourth-order valence-electron chi connectivity index (χ4n) is 1.29. The molecule has 1 amide bonds. The Balaban J connectivity index is 2.69. The molecule has 17 heavy (non-hydrogen) atoms. The summed E-state index contributed by atoms with van der Waals surface area (Å²) in [4.78, 5) is 11.1. The number of hydrogen-bond acceptors (Lipinski definition) is 3. The molecule has 0 aliphatic carbocycles. The number of nitrogens with one attached hydrogen (secondary N) is 2. The van der Waals surface area contributed by atoms with Gasteiger partial charge in [-0.2, -0.15) is 0 Å². The fraction of sp³-hybridized carbons (Fsp3) is 0.462. The minimum Gasteiger partial charge on any atom is -0.453 e. The molecule has 0 aliphatic rings. The lowest BCUT2D eigenvalue weighted by molar-refractivity contribution is 0.187. The standard InChI is InChI=1S/C13H20N2O2/c1-9(2)10(3)14-11-6-5-7-12(8-11)15-13(16)17-4/h5-10,14H,1-4H3,(H,15,16). The van der Waals surface area contributed by atoms with Crippen LogP contribution in [0.15, 0.2) is 24.3 Å². The van der Waals surface area contributed by atoms with E-state index in [1.807, 2.05) is 24.3 Å². The molecule has 1 unspecified atom stereocenters. The van der Waals surface area contributed by atoms with E-state index in [1.165, 1.54) is 7.11 Å². The van der Waals surface area contributed by atoms with Crippen molar-refractivity contribution in [2.45, 2.75) is 26.8 Å². The van der Waals surface area contributed by atoms with E-state index in [0.717, 1.165) is 11.4 Å². The first-order chi connectivity index (χ1) is 8.02. The summed E-state index contributed by atoms with van der Waals surface area (Å²) in [5.74, 6) is 0.548. The van der Waals surface area contributed by atoms with Gasteiger partial charge in [0, 0.05) is 17.4 Å². The molecular formula is C13H20N2O2. The van der Waals surface area contributed by atoms with Crippen LogP contribution in [0.1, 0.15) is 20.8 Å². The smallest absolute Gasteiger partial charge is 0.411 e. The summed E-state index contributed by atoms with van der Waals surface area (Å²) < 4.78 is 4.54. The van der Waals surface area contributed by atoms with Crippen molar-refractivity contribution in [2.24, 2.45) is 5.92 Å². The maximum absolute atomic E-state index is 11.1. The van der Waals surface area contributed by atoms with E-state index >= 15 is 0 Å². The normalized spacial score (nSPS) is 12.1. The summed E-state index contributed by atoms with van der Waals surface area (Å²) >= 11 is 0. The third-order valence-electron chi connectivity index (χ3n) is 2.69. The zero-order valence-electron chi connectivity index (χ0n) is 10.8. The van der Waals surface area contributed by atoms with E-state index in [4.69, 9.17) is 0 Å². The van der Waals surface area contributed by atoms with Gasteiger partial charge in [-0.15, -0.1) is 0 Å². The van der Waals surface area contributed by atoms with E-state index in [-0.39, 0.29) is 0 Å². The van der Waals surface area contributed by atoms with Gasteiger partial charge >= 0.3 is 6.09 Å². The van der Waals surface area contributed by atoms with Crippen LogP contribution >= 0.6 is 0 Å². The second kappa shape index (κ2) is 6.13. The summed E-state index contributed by atoms with van der Waals surface area (Å²) in [6.07, 6.45) is -0.459. The molecule has 0 aromatic heterocycles. The Morgan fingerprint density at radius 1 is 1.24 bits per heavy atom. The van der Waals surface area contributed by atoms with Crippen LogP contribution in [0, 0.1) is 5.92 Å². The summed E-state index contributed by atoms with van der Waals surface area (Å²) in [6, 6.07) is 7.95. The van der Waals surface area contributed by atoms with Crippen LogP contribution < -0.4 is 10.6 Å². The minimum absolute atomic E-state index is 0.378. The van der Waals surface area contributed by atoms with Crippen LogP contribution in [-0.2, 0) is 4.74 Å². The average molecular weight is 236 g/mol. The summed E-state index contributed by atoms with van der Waals surface area (Å²) in [7, 11) is 1.35. The molecule has 1 atom stereocenters. The van der Waals surface area contributed by atoms with Gasteiger partial charge in [0.05, 0.1) is 7.11 Å². The highest BCUT2D eigenvalue weighted by Crippen LogP contribution is 2.17. The van der Waals surface area contributed by atoms with Crippen molar-refractivity contribution in [3.63, 3.8) is 0 Å². The molecular weight excluding hydrogens is 216 g/mol. The maximum Gasteiger partial charge on any atom is 0.411 e. The van der Waals surface area contributed by atoms with Crippen molar-refractivity contribution in [3.05, 3.63) is 24.3 Å². The highest BCUT2D eigenvalue weighted by atomic mass is 16.5. The Hall–Kier alpha value is -1.71. The van der Waals surface area contributed by atoms with E-state index in [0.29, 0.717) is 12.0 Å². The van der Waals surface area contributed by atoms with Crippen LogP contribution in [-0.4, -0.2) is 19.2 Å². The van der Waals surface area contributed by atoms with Crippen molar-refractivity contribution >= 4 is 17.5 Å². The monoisotopic (exact) mass is 236 g/mol. The van der Waals surface area contributed by atoms with Crippen LogP contribution in [0.5, 0.6) is 0 Å². The molecule has 94 valence electrons. The highest BCUT2D eigenvalue weighted by Gasteiger charge is 2.07. The van der Waals surface area contributed by atoms with Crippen molar-refractivity contribution < 1.29 is 9.53 Å². The van der Waals surface area contributed by atoms with E-state index < -0.39 is 6.09 Å². The molecule has 0 saturated carbocycles. The van der Waals surface area contributed by atoms with Crippen LogP contribution in [0.4, 0.5) is 16.2 Å². The van der Waals surface area contributed by atoms with Crippen molar-refractivity contribution in [1.82, 2.24) is 0 Å². The first-order valence-corrected chi connectivity index (χ1v) is 5.74. The number of anilines is 2. The van der Waals surface area contributed by atoms with Gasteiger partial charge in [-0.1, -0.05) is 19.9 Å². The first kappa shape index (κ1) is 13.4. The van der Waals surface area contributed by atoms with Gasteiger partial charge in [0.25, 0.3) is 0 Å². The molecule has 0 fully saturated rings. The lowest BCUT2D eigenvalue weighted by Crippen LogP contribution is -2.21. The van der Waals surface area contributed by atoms with Crippen LogP contribution in [0.25, 0.3) is 0 Å². The Kier molecular flexibility index (Phi) is 4.82. The fourth-order valence-corrected chi connectivity index (χ4v) is 1.29. The molecule has 4 heteroatoms. The van der Waals surface area contributed by atoms with Gasteiger partial charge in [-0.25, -0.2) is 4.79 Å². The number of carbonyl (C=O) groups is 1. The minimum atomic E-state index is -0.459. The van der Waals surface area contributed by atoms with E-state index in [2.05, 4.69) is 36.1 Å². The molecule has 0 heterocycles. The molecule has 0 radical (unpaired) electrons. The second-order valence-electron chi connectivity index (χ2n) is 4.37. The highest BCUT2D eigenvalue weighted by molar-refractivity contribution is 5.85. The molecule has 4 nitrogen and oxygen atoms in total. The molecule has 2 N–H and O–H groups in total. The van der Waals surface area contributed by atoms with Crippen molar-refractivity contribution in [3.8, 4) is 0 Å². The molecule has 0 bridgehead atoms. The molecule has 0 aliphatic heterocycles. The number of hydrogen-bond donors (Lipinski definition) is 2. The molecule has 0 spiro atoms. The predicted molar refractivity (Wildman–Crippen MR) is 70.4 cm³/mol. The molecule has 0 saturated heterocycles. The Labute approximate surface area is 102 Å². The van der Waals surface area contributed by atoms with Gasteiger partial charge in [-0.05, 0) is 31.0 Å². The Bertz CT molecular complexity index is 377. The maximum atomic E-state index is 11.1. The zero-order chi connectivity index (χ0) is 12.8. The molecule has 1 aromatic rings. The van der Waals surface area contributed by atoms with Crippen molar-refractivity contribution in [2.75, 3.05) is 17.7 Å². The lowest BCUT2D eigenvalue weighted by Gasteiger charge is -2.19. The first-order valence-electron chi connectivity index (χ1n) is 5.74.